The van der Waals surface area contributed by atoms with Gasteiger partial charge in [-0.25, -0.2) is 0 Å². The molecule has 0 aromatic heterocycles. The van der Waals surface area contributed by atoms with Crippen molar-refractivity contribution in [1.29, 1.82) is 0 Å². The standard InChI is InChI=1S/C35H26ClNO5/c1-41-21-16-17-25(28(19-21)42-2)30-31(32(38)24-12-6-7-13-26(24)36)37-27-14-8-3-9-20(27)15-18-29(37)35(30)33(39)22-10-4-5-11-23(22)34(35)40/h3-19,29-31H,1-2H3/t29-,30-,31+/m1/s1. The second-order valence-electron chi connectivity index (χ2n) is 10.7. The predicted octanol–water partition coefficient (Wildman–Crippen LogP) is 6.67. The molecule has 1 spiro atoms. The fraction of sp³-hybridized carbons (Fsp3) is 0.171. The minimum atomic E-state index is -1.64. The SMILES string of the molecule is COc1ccc([C@@H]2[C@@H](C(=O)c3ccccc3Cl)N3c4ccccc4C=C[C@@H]3C23C(=O)c2ccccc2C3=O)c(OC)c1. The van der Waals surface area contributed by atoms with Gasteiger partial charge < -0.3 is 14.4 Å². The summed E-state index contributed by atoms with van der Waals surface area (Å²) in [7, 11) is 3.08. The highest BCUT2D eigenvalue weighted by molar-refractivity contribution is 6.35. The maximum atomic E-state index is 14.8. The van der Waals surface area contributed by atoms with Crippen LogP contribution in [0, 0.1) is 5.41 Å². The summed E-state index contributed by atoms with van der Waals surface area (Å²) >= 11 is 6.62. The molecule has 0 amide bonds. The van der Waals surface area contributed by atoms with Crippen LogP contribution in [0.4, 0.5) is 5.69 Å². The Morgan fingerprint density at radius 1 is 0.833 bits per heavy atom. The molecular formula is C35H26ClNO5. The molecule has 208 valence electrons. The van der Waals surface area contributed by atoms with Crippen LogP contribution in [0.2, 0.25) is 5.02 Å². The number of carbonyl (C=O) groups is 3. The number of rotatable bonds is 5. The van der Waals surface area contributed by atoms with E-state index in [-0.39, 0.29) is 17.3 Å². The second kappa shape index (κ2) is 9.71. The number of benzene rings is 4. The molecule has 3 atom stereocenters. The topological polar surface area (TPSA) is 72.9 Å². The summed E-state index contributed by atoms with van der Waals surface area (Å²) in [5.41, 5.74) is 1.62. The Morgan fingerprint density at radius 3 is 2.19 bits per heavy atom. The maximum Gasteiger partial charge on any atom is 0.187 e. The lowest BCUT2D eigenvalue weighted by Gasteiger charge is -2.37. The summed E-state index contributed by atoms with van der Waals surface area (Å²) in [6.07, 6.45) is 3.83. The van der Waals surface area contributed by atoms with Crippen molar-refractivity contribution >= 4 is 40.7 Å². The number of anilines is 1. The Balaban J connectivity index is 1.58. The van der Waals surface area contributed by atoms with Crippen molar-refractivity contribution in [3.8, 4) is 11.5 Å². The first-order valence-electron chi connectivity index (χ1n) is 13.7. The molecule has 0 bridgehead atoms. The van der Waals surface area contributed by atoms with Crippen LogP contribution < -0.4 is 14.4 Å². The van der Waals surface area contributed by atoms with Crippen molar-refractivity contribution in [2.45, 2.75) is 18.0 Å². The average molecular weight is 576 g/mol. The Morgan fingerprint density at radius 2 is 1.50 bits per heavy atom. The number of methoxy groups -OCH3 is 2. The highest BCUT2D eigenvalue weighted by Crippen LogP contribution is 2.62. The van der Waals surface area contributed by atoms with E-state index in [4.69, 9.17) is 21.1 Å². The minimum Gasteiger partial charge on any atom is -0.497 e. The van der Waals surface area contributed by atoms with Crippen molar-refractivity contribution in [1.82, 2.24) is 0 Å². The summed E-state index contributed by atoms with van der Waals surface area (Å²) in [5.74, 6) is -0.849. The Hall–Kier alpha value is -4.68. The molecule has 0 N–H and O–H groups in total. The first kappa shape index (κ1) is 26.2. The van der Waals surface area contributed by atoms with Crippen LogP contribution in [0.3, 0.4) is 0 Å². The van der Waals surface area contributed by atoms with Crippen LogP contribution in [0.15, 0.2) is 97.1 Å². The van der Waals surface area contributed by atoms with Crippen LogP contribution in [0.5, 0.6) is 11.5 Å². The summed E-state index contributed by atoms with van der Waals surface area (Å²) in [5, 5.41) is 0.300. The number of para-hydroxylation sites is 1. The van der Waals surface area contributed by atoms with Crippen molar-refractivity contribution in [2.75, 3.05) is 19.1 Å². The monoisotopic (exact) mass is 575 g/mol. The molecule has 2 aliphatic heterocycles. The van der Waals surface area contributed by atoms with Gasteiger partial charge in [-0.3, -0.25) is 14.4 Å². The molecule has 7 heteroatoms. The molecule has 0 saturated carbocycles. The zero-order valence-electron chi connectivity index (χ0n) is 22.9. The number of carbonyl (C=O) groups excluding carboxylic acids is 3. The summed E-state index contributed by atoms with van der Waals surface area (Å²) in [6.45, 7) is 0. The Kier molecular flexibility index (Phi) is 6.06. The smallest absolute Gasteiger partial charge is 0.187 e. The first-order chi connectivity index (χ1) is 20.4. The summed E-state index contributed by atoms with van der Waals surface area (Å²) in [6, 6.07) is 25.1. The quantitative estimate of drug-likeness (QED) is 0.195. The minimum absolute atomic E-state index is 0.285. The van der Waals surface area contributed by atoms with Crippen LogP contribution in [0.1, 0.15) is 48.1 Å². The van der Waals surface area contributed by atoms with Crippen LogP contribution in [-0.4, -0.2) is 43.7 Å². The number of fused-ring (bicyclic) bond motifs is 5. The number of ketones is 3. The van der Waals surface area contributed by atoms with Gasteiger partial charge in [0.25, 0.3) is 0 Å². The van der Waals surface area contributed by atoms with Crippen LogP contribution in [-0.2, 0) is 0 Å². The van der Waals surface area contributed by atoms with Gasteiger partial charge in [0, 0.05) is 39.9 Å². The van der Waals surface area contributed by atoms with E-state index in [1.807, 2.05) is 41.3 Å². The van der Waals surface area contributed by atoms with Gasteiger partial charge in [-0.15, -0.1) is 0 Å². The van der Waals surface area contributed by atoms with E-state index in [0.717, 1.165) is 11.3 Å². The molecule has 3 aliphatic rings. The molecule has 1 fully saturated rings. The lowest BCUT2D eigenvalue weighted by molar-refractivity contribution is 0.0665. The van der Waals surface area contributed by atoms with Gasteiger partial charge >= 0.3 is 0 Å². The Labute approximate surface area is 248 Å². The van der Waals surface area contributed by atoms with Crippen molar-refractivity contribution in [3.63, 3.8) is 0 Å². The van der Waals surface area contributed by atoms with Crippen LogP contribution >= 0.6 is 11.6 Å². The lowest BCUT2D eigenvalue weighted by Crippen LogP contribution is -2.48. The van der Waals surface area contributed by atoms with Gasteiger partial charge in [0.1, 0.15) is 23.0 Å². The van der Waals surface area contributed by atoms with E-state index in [2.05, 4.69) is 0 Å². The van der Waals surface area contributed by atoms with Gasteiger partial charge in [0.2, 0.25) is 0 Å². The lowest BCUT2D eigenvalue weighted by atomic mass is 9.64. The number of ether oxygens (including phenoxy) is 2. The number of Topliss-reactive ketones (excluding diaryl/α,β-unsaturated/α-hetero) is 3. The number of nitrogens with zero attached hydrogens (tertiary/aromatic N) is 1. The molecule has 42 heavy (non-hydrogen) atoms. The largest absolute Gasteiger partial charge is 0.497 e. The third kappa shape index (κ3) is 3.42. The zero-order chi connectivity index (χ0) is 29.2. The van der Waals surface area contributed by atoms with E-state index >= 15 is 0 Å². The molecule has 1 saturated heterocycles. The van der Waals surface area contributed by atoms with Gasteiger partial charge in [0.15, 0.2) is 17.3 Å². The van der Waals surface area contributed by atoms with E-state index in [1.165, 1.54) is 7.11 Å². The molecular weight excluding hydrogens is 550 g/mol. The Bertz CT molecular complexity index is 1790. The van der Waals surface area contributed by atoms with Gasteiger partial charge in [-0.05, 0) is 29.8 Å². The third-order valence-corrected chi connectivity index (χ3v) is 9.23. The number of hydrogen-bond acceptors (Lipinski definition) is 6. The van der Waals surface area contributed by atoms with Crippen molar-refractivity contribution < 1.29 is 23.9 Å². The maximum absolute atomic E-state index is 14.8. The highest BCUT2D eigenvalue weighted by atomic mass is 35.5. The highest BCUT2D eigenvalue weighted by Gasteiger charge is 2.72. The van der Waals surface area contributed by atoms with Gasteiger partial charge in [-0.1, -0.05) is 84.4 Å². The van der Waals surface area contributed by atoms with Gasteiger partial charge in [0.05, 0.1) is 25.3 Å². The van der Waals surface area contributed by atoms with E-state index in [9.17, 15) is 14.4 Å². The second-order valence-corrected chi connectivity index (χ2v) is 11.1. The fourth-order valence-electron chi connectivity index (χ4n) is 7.16. The first-order valence-corrected chi connectivity index (χ1v) is 14.1. The molecule has 2 heterocycles. The van der Waals surface area contributed by atoms with Crippen molar-refractivity contribution in [2.24, 2.45) is 5.41 Å². The number of hydrogen-bond donors (Lipinski definition) is 0. The van der Waals surface area contributed by atoms with Crippen LogP contribution in [0.25, 0.3) is 6.08 Å². The third-order valence-electron chi connectivity index (χ3n) is 8.90. The summed E-state index contributed by atoms with van der Waals surface area (Å²) < 4.78 is 11.3. The average Bonchev–Trinajstić information content (AvgIpc) is 3.46. The van der Waals surface area contributed by atoms with E-state index in [0.29, 0.717) is 38.8 Å². The van der Waals surface area contributed by atoms with E-state index in [1.54, 1.807) is 73.8 Å². The number of halogens is 1. The zero-order valence-corrected chi connectivity index (χ0v) is 23.7. The normalized spacial score (nSPS) is 21.2. The molecule has 1 aliphatic carbocycles. The molecule has 0 radical (unpaired) electrons. The van der Waals surface area contributed by atoms with Gasteiger partial charge in [-0.2, -0.15) is 0 Å². The molecule has 6 nitrogen and oxygen atoms in total. The predicted molar refractivity (Wildman–Crippen MR) is 161 cm³/mol. The van der Waals surface area contributed by atoms with Crippen molar-refractivity contribution in [3.05, 3.63) is 130 Å². The summed E-state index contributed by atoms with van der Waals surface area (Å²) in [4.78, 5) is 46.4. The molecule has 4 aromatic carbocycles. The molecule has 0 unspecified atom stereocenters. The molecule has 4 aromatic rings. The molecule has 7 rings (SSSR count). The fourth-order valence-corrected chi connectivity index (χ4v) is 7.39. The van der Waals surface area contributed by atoms with E-state index < -0.39 is 23.4 Å².